The van der Waals surface area contributed by atoms with Gasteiger partial charge in [0.05, 0.1) is 12.8 Å². The predicted octanol–water partition coefficient (Wildman–Crippen LogP) is 3.97. The third-order valence-corrected chi connectivity index (χ3v) is 6.54. The number of pyridine rings is 1. The van der Waals surface area contributed by atoms with Crippen molar-refractivity contribution < 1.29 is 19.1 Å². The molecule has 2 heterocycles. The number of nitrogens with zero attached hydrogens (tertiary/aromatic N) is 5. The van der Waals surface area contributed by atoms with Gasteiger partial charge in [0.15, 0.2) is 5.17 Å². The Morgan fingerprint density at radius 2 is 1.97 bits per heavy atom. The first-order valence-electron chi connectivity index (χ1n) is 11.1. The molecule has 1 aromatic carbocycles. The van der Waals surface area contributed by atoms with Crippen LogP contribution in [0.3, 0.4) is 0 Å². The molecule has 0 saturated carbocycles. The minimum atomic E-state index is -0.706. The normalized spacial score (nSPS) is 14.5. The van der Waals surface area contributed by atoms with Crippen LogP contribution < -0.4 is 4.90 Å². The van der Waals surface area contributed by atoms with Crippen LogP contribution in [0.25, 0.3) is 0 Å². The highest BCUT2D eigenvalue weighted by Crippen LogP contribution is 2.27. The number of aryl methyl sites for hydroxylation is 2. The third kappa shape index (κ3) is 7.95. The molecule has 9 nitrogen and oxygen atoms in total. The predicted molar refractivity (Wildman–Crippen MR) is 142 cm³/mol. The van der Waals surface area contributed by atoms with Gasteiger partial charge in [-0.05, 0) is 43.5 Å². The number of hydrogen-bond donors (Lipinski definition) is 0. The highest BCUT2D eigenvalue weighted by molar-refractivity contribution is 8.14. The topological polar surface area (TPSA) is 108 Å². The summed E-state index contributed by atoms with van der Waals surface area (Å²) < 4.78 is 9.65. The lowest BCUT2D eigenvalue weighted by atomic mass is 10.1. The summed E-state index contributed by atoms with van der Waals surface area (Å²) in [6.45, 7) is 6.99. The molecule has 1 aliphatic rings. The summed E-state index contributed by atoms with van der Waals surface area (Å²) in [4.78, 5) is 35.4. The number of anilines is 1. The molecule has 1 fully saturated rings. The number of benzene rings is 1. The van der Waals surface area contributed by atoms with E-state index >= 15 is 0 Å². The van der Waals surface area contributed by atoms with Crippen molar-refractivity contribution in [1.29, 1.82) is 5.26 Å². The molecule has 0 N–H and O–H groups in total. The lowest BCUT2D eigenvalue weighted by Gasteiger charge is -2.30. The Morgan fingerprint density at radius 1 is 1.28 bits per heavy atom. The second-order valence-corrected chi connectivity index (χ2v) is 9.34. The molecule has 1 saturated heterocycles. The van der Waals surface area contributed by atoms with E-state index in [4.69, 9.17) is 26.3 Å². The number of aromatic nitrogens is 1. The van der Waals surface area contributed by atoms with E-state index in [-0.39, 0.29) is 12.5 Å². The van der Waals surface area contributed by atoms with Gasteiger partial charge in [0.1, 0.15) is 17.8 Å². The van der Waals surface area contributed by atoms with Crippen LogP contribution in [0.2, 0.25) is 5.15 Å². The van der Waals surface area contributed by atoms with Crippen LogP contribution in [0.5, 0.6) is 0 Å². The number of amidine groups is 1. The minimum absolute atomic E-state index is 0.0882. The van der Waals surface area contributed by atoms with Gasteiger partial charge in [-0.2, -0.15) is 5.26 Å². The number of aliphatic imine (C=N–C) groups is 1. The van der Waals surface area contributed by atoms with Crippen molar-refractivity contribution in [3.8, 4) is 6.19 Å². The number of amides is 1. The Balaban J connectivity index is 0.000000259. The molecule has 0 radical (unpaired) electrons. The maximum absolute atomic E-state index is 12.3. The monoisotopic (exact) mass is 531 g/mol. The molecule has 1 atom stereocenters. The van der Waals surface area contributed by atoms with Gasteiger partial charge in [0, 0.05) is 32.1 Å². The smallest absolute Gasteiger partial charge is 0.328 e. The molecule has 1 aromatic heterocycles. The second-order valence-electron chi connectivity index (χ2n) is 7.89. The lowest BCUT2D eigenvalue weighted by molar-refractivity contribution is -0.143. The number of rotatable bonds is 7. The van der Waals surface area contributed by atoms with Crippen LogP contribution in [0, 0.1) is 25.3 Å². The third-order valence-electron chi connectivity index (χ3n) is 5.32. The van der Waals surface area contributed by atoms with Gasteiger partial charge in [-0.3, -0.25) is 9.69 Å². The van der Waals surface area contributed by atoms with Crippen molar-refractivity contribution in [1.82, 2.24) is 9.88 Å². The van der Waals surface area contributed by atoms with Gasteiger partial charge in [0.2, 0.25) is 6.19 Å². The zero-order valence-electron chi connectivity index (χ0n) is 21.0. The van der Waals surface area contributed by atoms with Crippen molar-refractivity contribution in [3.63, 3.8) is 0 Å². The van der Waals surface area contributed by atoms with Gasteiger partial charge >= 0.3 is 5.97 Å². The molecular weight excluding hydrogens is 502 g/mol. The molecule has 0 spiro atoms. The number of carbonyl (C=O) groups excluding carboxylic acids is 2. The van der Waals surface area contributed by atoms with Crippen molar-refractivity contribution in [2.24, 2.45) is 4.99 Å². The van der Waals surface area contributed by atoms with Crippen molar-refractivity contribution in [3.05, 3.63) is 58.4 Å². The van der Waals surface area contributed by atoms with Crippen LogP contribution in [0.4, 0.5) is 5.69 Å². The molecule has 1 unspecified atom stereocenters. The molecule has 1 amide bonds. The summed E-state index contributed by atoms with van der Waals surface area (Å²) in [5.41, 5.74) is 3.64. The number of halogens is 1. The van der Waals surface area contributed by atoms with E-state index in [1.807, 2.05) is 44.3 Å². The van der Waals surface area contributed by atoms with E-state index in [1.165, 1.54) is 19.1 Å². The molecule has 36 heavy (non-hydrogen) atoms. The van der Waals surface area contributed by atoms with Gasteiger partial charge < -0.3 is 14.4 Å². The molecule has 0 bridgehead atoms. The number of nitriles is 1. The molecule has 2 aromatic rings. The summed E-state index contributed by atoms with van der Waals surface area (Å²) >= 11 is 7.32. The molecule has 0 aliphatic carbocycles. The largest absolute Gasteiger partial charge is 0.467 e. The van der Waals surface area contributed by atoms with Gasteiger partial charge in [-0.25, -0.2) is 9.78 Å². The fourth-order valence-electron chi connectivity index (χ4n) is 3.64. The van der Waals surface area contributed by atoms with Crippen LogP contribution in [0.15, 0.2) is 41.5 Å². The number of thioether (sulfide) groups is 1. The number of carbonyl (C=O) groups is 2. The van der Waals surface area contributed by atoms with E-state index in [2.05, 4.69) is 14.9 Å². The van der Waals surface area contributed by atoms with E-state index in [0.29, 0.717) is 5.15 Å². The number of methoxy groups -OCH3 is 2. The Bertz CT molecular complexity index is 1100. The SMILES string of the molecule is COCC(=O)N(c1c(C)cccc1C)C(C)C(=O)OC.N#CN=C1SCCN1Cc1ccc(Cl)nc1. The maximum Gasteiger partial charge on any atom is 0.328 e. The fourth-order valence-corrected chi connectivity index (χ4v) is 4.69. The molecule has 11 heteroatoms. The zero-order valence-corrected chi connectivity index (χ0v) is 22.6. The van der Waals surface area contributed by atoms with Crippen molar-refractivity contribution in [2.45, 2.75) is 33.4 Å². The summed E-state index contributed by atoms with van der Waals surface area (Å²) in [6, 6.07) is 8.71. The van der Waals surface area contributed by atoms with Crippen LogP contribution in [-0.4, -0.2) is 66.1 Å². The second kappa shape index (κ2) is 14.4. The van der Waals surface area contributed by atoms with Crippen molar-refractivity contribution in [2.75, 3.05) is 38.0 Å². The van der Waals surface area contributed by atoms with Crippen LogP contribution in [-0.2, 0) is 25.6 Å². The molecular formula is C25H30ClN5O4S. The van der Waals surface area contributed by atoms with Crippen LogP contribution in [0.1, 0.15) is 23.6 Å². The highest BCUT2D eigenvalue weighted by atomic mass is 35.5. The number of hydrogen-bond acceptors (Lipinski definition) is 8. The van der Waals surface area contributed by atoms with E-state index in [1.54, 1.807) is 30.9 Å². The average Bonchev–Trinajstić information content (AvgIpc) is 3.29. The van der Waals surface area contributed by atoms with Crippen LogP contribution >= 0.6 is 23.4 Å². The molecule has 3 rings (SSSR count). The average molecular weight is 532 g/mol. The summed E-state index contributed by atoms with van der Waals surface area (Å²) in [6.07, 6.45) is 3.57. The summed E-state index contributed by atoms with van der Waals surface area (Å²) in [7, 11) is 2.76. The molecule has 192 valence electrons. The van der Waals surface area contributed by atoms with E-state index < -0.39 is 12.0 Å². The minimum Gasteiger partial charge on any atom is -0.467 e. The highest BCUT2D eigenvalue weighted by Gasteiger charge is 2.30. The number of ether oxygens (including phenoxy) is 2. The van der Waals surface area contributed by atoms with Gasteiger partial charge in [-0.1, -0.05) is 47.6 Å². The zero-order chi connectivity index (χ0) is 26.7. The molecule has 1 aliphatic heterocycles. The van der Waals surface area contributed by atoms with Crippen molar-refractivity contribution >= 4 is 46.1 Å². The Kier molecular flexibility index (Phi) is 11.7. The maximum atomic E-state index is 12.3. The lowest BCUT2D eigenvalue weighted by Crippen LogP contribution is -2.46. The Hall–Kier alpha value is -3.13. The van der Waals surface area contributed by atoms with E-state index in [9.17, 15) is 9.59 Å². The number of esters is 1. The standard InChI is InChI=1S/C15H21NO4.C10H9ClN4S/c1-10-7-6-8-11(2)14(10)16(13(17)9-19-4)12(3)15(18)20-5;11-9-2-1-8(5-13-9)6-15-3-4-16-10(15)14-7-12/h6-8,12H,9H2,1-5H3;1-2,5H,3-4,6H2. The summed E-state index contributed by atoms with van der Waals surface area (Å²) in [5.74, 6) is 0.238. The fraction of sp³-hybridized carbons (Fsp3) is 0.400. The van der Waals surface area contributed by atoms with Gasteiger partial charge in [0.25, 0.3) is 5.91 Å². The first-order valence-corrected chi connectivity index (χ1v) is 12.5. The Morgan fingerprint density at radius 3 is 2.53 bits per heavy atom. The van der Waals surface area contributed by atoms with E-state index in [0.717, 1.165) is 46.4 Å². The summed E-state index contributed by atoms with van der Waals surface area (Å²) in [5, 5.41) is 9.82. The quantitative estimate of drug-likeness (QED) is 0.300. The Labute approximate surface area is 221 Å². The first-order chi connectivity index (χ1) is 17.2. The number of para-hydroxylation sites is 1. The first kappa shape index (κ1) is 29.1. The van der Waals surface area contributed by atoms with Gasteiger partial charge in [-0.15, -0.1) is 4.99 Å².